The van der Waals surface area contributed by atoms with Crippen molar-refractivity contribution in [3.05, 3.63) is 18.0 Å². The molecule has 1 aliphatic rings. The highest BCUT2D eigenvalue weighted by Gasteiger charge is 2.42. The highest BCUT2D eigenvalue weighted by atomic mass is 19.4. The van der Waals surface area contributed by atoms with Crippen LogP contribution in [0.5, 0.6) is 0 Å². The van der Waals surface area contributed by atoms with Crippen LogP contribution < -0.4 is 5.32 Å². The standard InChI is InChI=1S/C14H19F3N4/c1-2-19-13(10-18)7-3-4-11(13)5-8-21-9-6-12(20-21)14(15,16)17/h6,9,11,19H,2-5,7-8H2,1H3. The molecule has 4 nitrogen and oxygen atoms in total. The summed E-state index contributed by atoms with van der Waals surface area (Å²) in [6.45, 7) is 3.07. The zero-order valence-corrected chi connectivity index (χ0v) is 12.0. The quantitative estimate of drug-likeness (QED) is 0.909. The fourth-order valence-corrected chi connectivity index (χ4v) is 3.13. The number of rotatable bonds is 5. The van der Waals surface area contributed by atoms with E-state index in [1.54, 1.807) is 0 Å². The van der Waals surface area contributed by atoms with Crippen LogP contribution in [0.1, 0.15) is 38.3 Å². The molecule has 7 heteroatoms. The summed E-state index contributed by atoms with van der Waals surface area (Å²) in [7, 11) is 0. The average Bonchev–Trinajstić information content (AvgIpc) is 3.03. The summed E-state index contributed by atoms with van der Waals surface area (Å²) in [4.78, 5) is 0. The van der Waals surface area contributed by atoms with Crippen molar-refractivity contribution in [3.8, 4) is 6.07 Å². The SMILES string of the molecule is CCNC1(C#N)CCCC1CCn1ccc(C(F)(F)F)n1. The van der Waals surface area contributed by atoms with E-state index in [9.17, 15) is 18.4 Å². The molecular formula is C14H19F3N4. The largest absolute Gasteiger partial charge is 0.435 e. The number of nitriles is 1. The molecule has 1 aromatic rings. The summed E-state index contributed by atoms with van der Waals surface area (Å²) in [5.41, 5.74) is -1.40. The third-order valence-electron chi connectivity index (χ3n) is 4.15. The fraction of sp³-hybridized carbons (Fsp3) is 0.714. The van der Waals surface area contributed by atoms with E-state index >= 15 is 0 Å². The molecule has 21 heavy (non-hydrogen) atoms. The number of nitrogens with one attached hydrogen (secondary N) is 1. The number of hydrogen-bond acceptors (Lipinski definition) is 3. The lowest BCUT2D eigenvalue weighted by Crippen LogP contribution is -2.47. The van der Waals surface area contributed by atoms with Gasteiger partial charge in [-0.05, 0) is 37.8 Å². The number of aryl methyl sites for hydroxylation is 1. The second kappa shape index (κ2) is 6.06. The molecule has 1 aliphatic carbocycles. The molecule has 2 atom stereocenters. The zero-order chi connectivity index (χ0) is 15.5. The minimum atomic E-state index is -4.40. The van der Waals surface area contributed by atoms with Gasteiger partial charge in [0.05, 0.1) is 6.07 Å². The van der Waals surface area contributed by atoms with Gasteiger partial charge in [0, 0.05) is 12.7 Å². The Bertz CT molecular complexity index is 517. The predicted molar refractivity (Wildman–Crippen MR) is 71.2 cm³/mol. The average molecular weight is 300 g/mol. The van der Waals surface area contributed by atoms with Crippen molar-refractivity contribution in [2.24, 2.45) is 5.92 Å². The molecule has 1 aromatic heterocycles. The highest BCUT2D eigenvalue weighted by Crippen LogP contribution is 2.38. The molecule has 116 valence electrons. The summed E-state index contributed by atoms with van der Waals surface area (Å²) >= 11 is 0. The molecule has 0 amide bonds. The molecular weight excluding hydrogens is 281 g/mol. The van der Waals surface area contributed by atoms with Crippen molar-refractivity contribution in [2.45, 2.75) is 50.9 Å². The number of hydrogen-bond donors (Lipinski definition) is 1. The molecule has 1 N–H and O–H groups in total. The zero-order valence-electron chi connectivity index (χ0n) is 12.0. The van der Waals surface area contributed by atoms with Gasteiger partial charge in [0.1, 0.15) is 5.54 Å². The Morgan fingerprint density at radius 3 is 2.90 bits per heavy atom. The summed E-state index contributed by atoms with van der Waals surface area (Å²) in [5, 5.41) is 16.2. The lowest BCUT2D eigenvalue weighted by atomic mass is 9.86. The van der Waals surface area contributed by atoms with Gasteiger partial charge in [-0.25, -0.2) is 0 Å². The third kappa shape index (κ3) is 3.38. The van der Waals surface area contributed by atoms with E-state index in [1.807, 2.05) is 6.92 Å². The van der Waals surface area contributed by atoms with E-state index in [1.165, 1.54) is 10.9 Å². The van der Waals surface area contributed by atoms with Crippen molar-refractivity contribution in [1.29, 1.82) is 5.26 Å². The Balaban J connectivity index is 1.99. The minimum Gasteiger partial charge on any atom is -0.299 e. The lowest BCUT2D eigenvalue weighted by molar-refractivity contribution is -0.141. The van der Waals surface area contributed by atoms with Crippen LogP contribution in [0.25, 0.3) is 0 Å². The normalized spacial score (nSPS) is 26.0. The van der Waals surface area contributed by atoms with E-state index in [0.29, 0.717) is 19.5 Å². The third-order valence-corrected chi connectivity index (χ3v) is 4.15. The van der Waals surface area contributed by atoms with Crippen LogP contribution in [0.4, 0.5) is 13.2 Å². The van der Waals surface area contributed by atoms with Crippen molar-refractivity contribution in [1.82, 2.24) is 15.1 Å². The summed E-state index contributed by atoms with van der Waals surface area (Å²) in [6, 6.07) is 3.36. The second-order valence-corrected chi connectivity index (χ2v) is 5.45. The molecule has 1 heterocycles. The van der Waals surface area contributed by atoms with Crippen molar-refractivity contribution in [2.75, 3.05) is 6.54 Å². The molecule has 0 aliphatic heterocycles. The van der Waals surface area contributed by atoms with Gasteiger partial charge in [-0.15, -0.1) is 0 Å². The molecule has 0 aromatic carbocycles. The maximum Gasteiger partial charge on any atom is 0.435 e. The Kier molecular flexibility index (Phi) is 4.57. The molecule has 0 radical (unpaired) electrons. The maximum absolute atomic E-state index is 12.5. The van der Waals surface area contributed by atoms with Gasteiger partial charge in [0.2, 0.25) is 0 Å². The smallest absolute Gasteiger partial charge is 0.299 e. The second-order valence-electron chi connectivity index (χ2n) is 5.45. The highest BCUT2D eigenvalue weighted by molar-refractivity contribution is 5.14. The van der Waals surface area contributed by atoms with Gasteiger partial charge < -0.3 is 0 Å². The monoisotopic (exact) mass is 300 g/mol. The van der Waals surface area contributed by atoms with E-state index in [0.717, 1.165) is 25.3 Å². The first kappa shape index (κ1) is 15.8. The van der Waals surface area contributed by atoms with Crippen LogP contribution >= 0.6 is 0 Å². The van der Waals surface area contributed by atoms with Crippen LogP contribution in [-0.2, 0) is 12.7 Å². The van der Waals surface area contributed by atoms with Crippen LogP contribution in [0.3, 0.4) is 0 Å². The van der Waals surface area contributed by atoms with Crippen molar-refractivity contribution in [3.63, 3.8) is 0 Å². The maximum atomic E-state index is 12.5. The Hall–Kier alpha value is -1.55. The number of aromatic nitrogens is 2. The topological polar surface area (TPSA) is 53.6 Å². The van der Waals surface area contributed by atoms with E-state index in [2.05, 4.69) is 16.5 Å². The first-order chi connectivity index (χ1) is 9.91. The van der Waals surface area contributed by atoms with Crippen LogP contribution in [0.15, 0.2) is 12.3 Å². The molecule has 0 bridgehead atoms. The predicted octanol–water partition coefficient (Wildman–Crippen LogP) is 2.96. The molecule has 2 rings (SSSR count). The molecule has 1 saturated carbocycles. The van der Waals surface area contributed by atoms with Gasteiger partial charge in [0.25, 0.3) is 0 Å². The summed E-state index contributed by atoms with van der Waals surface area (Å²) in [6.07, 6.45) is 0.290. The Morgan fingerprint density at radius 2 is 2.33 bits per heavy atom. The van der Waals surface area contributed by atoms with E-state index in [4.69, 9.17) is 0 Å². The Labute approximate surface area is 121 Å². The Morgan fingerprint density at radius 1 is 1.57 bits per heavy atom. The van der Waals surface area contributed by atoms with E-state index in [-0.39, 0.29) is 5.92 Å². The first-order valence-electron chi connectivity index (χ1n) is 7.18. The first-order valence-corrected chi connectivity index (χ1v) is 7.18. The molecule has 0 spiro atoms. The van der Waals surface area contributed by atoms with Gasteiger partial charge in [-0.3, -0.25) is 10.00 Å². The van der Waals surface area contributed by atoms with Crippen LogP contribution in [0.2, 0.25) is 0 Å². The molecule has 1 fully saturated rings. The van der Waals surface area contributed by atoms with Crippen molar-refractivity contribution < 1.29 is 13.2 Å². The number of halogens is 3. The number of alkyl halides is 3. The fourth-order valence-electron chi connectivity index (χ4n) is 3.13. The van der Waals surface area contributed by atoms with E-state index < -0.39 is 17.4 Å². The summed E-state index contributed by atoms with van der Waals surface area (Å²) < 4.78 is 38.8. The van der Waals surface area contributed by atoms with Crippen molar-refractivity contribution >= 4 is 0 Å². The lowest BCUT2D eigenvalue weighted by Gasteiger charge is -2.29. The summed E-state index contributed by atoms with van der Waals surface area (Å²) in [5.74, 6) is 0.154. The van der Waals surface area contributed by atoms with Gasteiger partial charge in [-0.1, -0.05) is 13.3 Å². The molecule has 2 unspecified atom stereocenters. The van der Waals surface area contributed by atoms with Crippen LogP contribution in [-0.4, -0.2) is 21.9 Å². The van der Waals surface area contributed by atoms with Gasteiger partial charge >= 0.3 is 6.18 Å². The van der Waals surface area contributed by atoms with Crippen LogP contribution in [0, 0.1) is 17.2 Å². The molecule has 0 saturated heterocycles. The van der Waals surface area contributed by atoms with Gasteiger partial charge in [-0.2, -0.15) is 23.5 Å². The minimum absolute atomic E-state index is 0.154. The van der Waals surface area contributed by atoms with Gasteiger partial charge in [0.15, 0.2) is 5.69 Å². The number of nitrogens with zero attached hydrogens (tertiary/aromatic N) is 3.